The lowest BCUT2D eigenvalue weighted by molar-refractivity contribution is -0.130. The molecule has 0 aliphatic carbocycles. The normalized spacial score (nSPS) is 24.6. The van der Waals surface area contributed by atoms with Crippen LogP contribution in [0.25, 0.3) is 0 Å². The molecule has 1 aromatic carbocycles. The summed E-state index contributed by atoms with van der Waals surface area (Å²) in [5.74, 6) is -0.848. The molecule has 0 bridgehead atoms. The van der Waals surface area contributed by atoms with Gasteiger partial charge in [0.1, 0.15) is 5.82 Å². The number of halogens is 1. The van der Waals surface area contributed by atoms with E-state index in [2.05, 4.69) is 4.90 Å². The first kappa shape index (κ1) is 17.8. The van der Waals surface area contributed by atoms with Gasteiger partial charge >= 0.3 is 0 Å². The minimum Gasteiger partial charge on any atom is -0.387 e. The van der Waals surface area contributed by atoms with Crippen LogP contribution in [0.2, 0.25) is 0 Å². The van der Waals surface area contributed by atoms with Gasteiger partial charge in [-0.2, -0.15) is 0 Å². The molecule has 7 heteroatoms. The van der Waals surface area contributed by atoms with Crippen LogP contribution in [0.1, 0.15) is 23.7 Å². The van der Waals surface area contributed by atoms with Crippen molar-refractivity contribution in [2.24, 2.45) is 0 Å². The summed E-state index contributed by atoms with van der Waals surface area (Å²) in [4.78, 5) is 29.3. The molecule has 2 amide bonds. The maximum Gasteiger partial charge on any atom is 0.256 e. The molecule has 25 heavy (non-hydrogen) atoms. The second-order valence-corrected chi connectivity index (χ2v) is 6.96. The Kier molecular flexibility index (Phi) is 5.06. The van der Waals surface area contributed by atoms with Crippen LogP contribution in [0, 0.1) is 5.82 Å². The van der Waals surface area contributed by atoms with E-state index in [1.807, 2.05) is 0 Å². The highest BCUT2D eigenvalue weighted by molar-refractivity contribution is 5.94. The van der Waals surface area contributed by atoms with Gasteiger partial charge in [-0.25, -0.2) is 4.39 Å². The predicted octanol–water partition coefficient (Wildman–Crippen LogP) is 0.567. The van der Waals surface area contributed by atoms with Crippen molar-refractivity contribution in [1.82, 2.24) is 14.7 Å². The van der Waals surface area contributed by atoms with E-state index in [4.69, 9.17) is 0 Å². The van der Waals surface area contributed by atoms with Crippen LogP contribution < -0.4 is 0 Å². The molecular weight excluding hydrogens is 325 g/mol. The monoisotopic (exact) mass is 349 g/mol. The molecule has 0 saturated carbocycles. The molecule has 6 nitrogen and oxygen atoms in total. The zero-order chi connectivity index (χ0) is 18.0. The van der Waals surface area contributed by atoms with Crippen molar-refractivity contribution >= 4 is 11.8 Å². The van der Waals surface area contributed by atoms with Gasteiger partial charge in [0, 0.05) is 46.2 Å². The number of amides is 2. The Labute approximate surface area is 146 Å². The van der Waals surface area contributed by atoms with E-state index in [1.165, 1.54) is 17.0 Å². The van der Waals surface area contributed by atoms with E-state index in [1.54, 1.807) is 24.0 Å². The summed E-state index contributed by atoms with van der Waals surface area (Å²) in [6, 6.07) is 5.92. The molecule has 1 N–H and O–H groups in total. The highest BCUT2D eigenvalue weighted by Gasteiger charge is 2.40. The molecule has 1 unspecified atom stereocenters. The first-order chi connectivity index (χ1) is 11.9. The highest BCUT2D eigenvalue weighted by atomic mass is 19.1. The third-order valence-electron chi connectivity index (χ3n) is 5.06. The topological polar surface area (TPSA) is 64.1 Å². The van der Waals surface area contributed by atoms with Gasteiger partial charge in [0.15, 0.2) is 0 Å². The number of likely N-dealkylation sites (tertiary alicyclic amines) is 1. The molecule has 2 saturated heterocycles. The second kappa shape index (κ2) is 7.09. The van der Waals surface area contributed by atoms with Crippen molar-refractivity contribution in [3.8, 4) is 0 Å². The number of benzene rings is 1. The first-order valence-corrected chi connectivity index (χ1v) is 8.62. The number of aliphatic hydroxyl groups is 1. The van der Waals surface area contributed by atoms with Crippen LogP contribution in [0.4, 0.5) is 4.39 Å². The molecule has 2 aliphatic rings. The Morgan fingerprint density at radius 2 is 1.80 bits per heavy atom. The first-order valence-electron chi connectivity index (χ1n) is 8.62. The van der Waals surface area contributed by atoms with Crippen molar-refractivity contribution in [2.75, 3.05) is 45.8 Å². The van der Waals surface area contributed by atoms with Gasteiger partial charge < -0.3 is 14.9 Å². The fraction of sp³-hybridized carbons (Fsp3) is 0.556. The number of nitrogens with zero attached hydrogens (tertiary/aromatic N) is 3. The summed E-state index contributed by atoms with van der Waals surface area (Å²) in [6.45, 7) is 5.37. The molecular formula is C18H24FN3O3. The third-order valence-corrected chi connectivity index (χ3v) is 5.06. The Morgan fingerprint density at radius 1 is 1.12 bits per heavy atom. The number of piperazine rings is 1. The quantitative estimate of drug-likeness (QED) is 0.866. The zero-order valence-electron chi connectivity index (χ0n) is 14.4. The number of β-amino-alcohol motifs (C(OH)–C–C–N with tert-alkyl or cyclic N) is 1. The minimum absolute atomic E-state index is 0.0434. The van der Waals surface area contributed by atoms with Crippen molar-refractivity contribution in [1.29, 1.82) is 0 Å². The Balaban J connectivity index is 1.57. The molecule has 3 rings (SSSR count). The largest absolute Gasteiger partial charge is 0.387 e. The van der Waals surface area contributed by atoms with E-state index in [9.17, 15) is 19.1 Å². The average molecular weight is 349 g/mol. The lowest BCUT2D eigenvalue weighted by Gasteiger charge is -2.37. The molecule has 0 spiro atoms. The van der Waals surface area contributed by atoms with Crippen molar-refractivity contribution < 1.29 is 19.1 Å². The summed E-state index contributed by atoms with van der Waals surface area (Å²) in [5.41, 5.74) is -0.943. The SMILES string of the molecule is CC(=O)N1CCN(CC2(O)CCN(C(=O)c3ccccc3F)C2)CC1. The molecule has 1 aromatic rings. The summed E-state index contributed by atoms with van der Waals surface area (Å²) in [7, 11) is 0. The molecule has 2 heterocycles. The maximum atomic E-state index is 13.8. The van der Waals surface area contributed by atoms with E-state index in [0.717, 1.165) is 0 Å². The van der Waals surface area contributed by atoms with Crippen molar-refractivity contribution in [2.45, 2.75) is 18.9 Å². The number of hydrogen-bond acceptors (Lipinski definition) is 4. The third kappa shape index (κ3) is 3.99. The second-order valence-electron chi connectivity index (χ2n) is 6.96. The van der Waals surface area contributed by atoms with Gasteiger partial charge in [0.2, 0.25) is 5.91 Å². The molecule has 0 radical (unpaired) electrons. The Hall–Kier alpha value is -1.99. The van der Waals surface area contributed by atoms with Gasteiger partial charge in [-0.05, 0) is 18.6 Å². The molecule has 136 valence electrons. The minimum atomic E-state index is -0.987. The van der Waals surface area contributed by atoms with E-state index in [-0.39, 0.29) is 23.9 Å². The molecule has 0 aromatic heterocycles. The average Bonchev–Trinajstić information content (AvgIpc) is 2.97. The smallest absolute Gasteiger partial charge is 0.256 e. The van der Waals surface area contributed by atoms with Crippen LogP contribution in [-0.4, -0.2) is 83.0 Å². The summed E-state index contributed by atoms with van der Waals surface area (Å²) in [6.07, 6.45) is 0.472. The number of hydrogen-bond donors (Lipinski definition) is 1. The van der Waals surface area contributed by atoms with Crippen LogP contribution in [0.5, 0.6) is 0 Å². The lowest BCUT2D eigenvalue weighted by atomic mass is 10.0. The van der Waals surface area contributed by atoms with Crippen LogP contribution in [-0.2, 0) is 4.79 Å². The van der Waals surface area contributed by atoms with Gasteiger partial charge in [0.05, 0.1) is 17.7 Å². The lowest BCUT2D eigenvalue weighted by Crippen LogP contribution is -2.53. The van der Waals surface area contributed by atoms with Crippen LogP contribution >= 0.6 is 0 Å². The van der Waals surface area contributed by atoms with Gasteiger partial charge in [-0.3, -0.25) is 14.5 Å². The van der Waals surface area contributed by atoms with Gasteiger partial charge in [0.25, 0.3) is 5.91 Å². The fourth-order valence-electron chi connectivity index (χ4n) is 3.60. The highest BCUT2D eigenvalue weighted by Crippen LogP contribution is 2.25. The fourth-order valence-corrected chi connectivity index (χ4v) is 3.60. The Morgan fingerprint density at radius 3 is 2.44 bits per heavy atom. The van der Waals surface area contributed by atoms with E-state index in [0.29, 0.717) is 45.7 Å². The van der Waals surface area contributed by atoms with E-state index < -0.39 is 11.4 Å². The zero-order valence-corrected chi connectivity index (χ0v) is 14.4. The van der Waals surface area contributed by atoms with Crippen LogP contribution in [0.3, 0.4) is 0 Å². The predicted molar refractivity (Wildman–Crippen MR) is 90.6 cm³/mol. The summed E-state index contributed by atoms with van der Waals surface area (Å²) < 4.78 is 13.8. The van der Waals surface area contributed by atoms with E-state index >= 15 is 0 Å². The number of carbonyl (C=O) groups excluding carboxylic acids is 2. The standard InChI is InChI=1S/C18H24FN3O3/c1-14(23)21-10-8-20(9-11-21)12-18(25)6-7-22(13-18)17(24)15-4-2-3-5-16(15)19/h2-5,25H,6-13H2,1H3. The van der Waals surface area contributed by atoms with Crippen molar-refractivity contribution in [3.05, 3.63) is 35.6 Å². The number of rotatable bonds is 3. The summed E-state index contributed by atoms with van der Waals surface area (Å²) >= 11 is 0. The molecule has 2 fully saturated rings. The molecule has 2 aliphatic heterocycles. The maximum absolute atomic E-state index is 13.8. The van der Waals surface area contributed by atoms with Gasteiger partial charge in [-0.1, -0.05) is 12.1 Å². The van der Waals surface area contributed by atoms with Crippen molar-refractivity contribution in [3.63, 3.8) is 0 Å². The van der Waals surface area contributed by atoms with Gasteiger partial charge in [-0.15, -0.1) is 0 Å². The number of carbonyl (C=O) groups is 2. The molecule has 1 atom stereocenters. The Bertz CT molecular complexity index is 661. The van der Waals surface area contributed by atoms with Crippen LogP contribution in [0.15, 0.2) is 24.3 Å². The summed E-state index contributed by atoms with van der Waals surface area (Å²) in [5, 5.41) is 10.8.